The summed E-state index contributed by atoms with van der Waals surface area (Å²) in [7, 11) is 0. The first-order valence-corrected chi connectivity index (χ1v) is 13.6. The van der Waals surface area contributed by atoms with Gasteiger partial charge in [-0.05, 0) is 39.0 Å². The van der Waals surface area contributed by atoms with Crippen LogP contribution in [0.1, 0.15) is 153 Å². The first-order chi connectivity index (χ1) is 14.6. The molecular weight excluding hydrogens is 370 g/mol. The number of aliphatic hydroxyl groups is 1. The van der Waals surface area contributed by atoms with Crippen LogP contribution in [0, 0.1) is 0 Å². The van der Waals surface area contributed by atoms with Crippen molar-refractivity contribution < 1.29 is 9.90 Å². The highest BCUT2D eigenvalue weighted by Gasteiger charge is 2.26. The third-order valence-corrected chi connectivity index (χ3v) is 4.93. The predicted molar refractivity (Wildman–Crippen MR) is 138 cm³/mol. The minimum absolute atomic E-state index is 0.138. The number of aliphatic hydroxyl groups excluding tert-OH is 1. The van der Waals surface area contributed by atoms with E-state index in [9.17, 15) is 9.90 Å². The van der Waals surface area contributed by atoms with Gasteiger partial charge in [-0.15, -0.1) is 0 Å². The highest BCUT2D eigenvalue weighted by molar-refractivity contribution is 5.76. The Labute approximate surface area is 192 Å². The Morgan fingerprint density at radius 1 is 0.833 bits per heavy atom. The van der Waals surface area contributed by atoms with Gasteiger partial charge in [0.05, 0.1) is 6.10 Å². The maximum atomic E-state index is 12.2. The van der Waals surface area contributed by atoms with Crippen molar-refractivity contribution in [1.29, 1.82) is 0 Å². The number of nitrogens with zero attached hydrogens (tertiary/aromatic N) is 1. The Bertz CT molecular complexity index is 293. The average molecular weight is 432 g/mol. The van der Waals surface area contributed by atoms with E-state index in [1.807, 2.05) is 62.3 Å². The molecule has 1 amide bonds. The van der Waals surface area contributed by atoms with E-state index in [-0.39, 0.29) is 6.10 Å². The smallest absolute Gasteiger partial charge is 0.222 e. The molecule has 1 unspecified atom stereocenters. The molecule has 0 aromatic rings. The maximum absolute atomic E-state index is 12.2. The van der Waals surface area contributed by atoms with Crippen molar-refractivity contribution in [3.8, 4) is 0 Å². The molecule has 0 bridgehead atoms. The van der Waals surface area contributed by atoms with Crippen LogP contribution >= 0.6 is 0 Å². The lowest BCUT2D eigenvalue weighted by molar-refractivity contribution is -0.132. The van der Waals surface area contributed by atoms with E-state index in [0.29, 0.717) is 11.9 Å². The summed E-state index contributed by atoms with van der Waals surface area (Å²) < 4.78 is 0. The Hall–Kier alpha value is -0.570. The summed E-state index contributed by atoms with van der Waals surface area (Å²) in [4.78, 5) is 14.3. The molecule has 186 valence electrons. The standard InChI is InChI=1S/C19H37NO2.4C2H6/c1-3-18-14-12-16-20(18)19(22)15-11-9-7-5-4-6-8-10-13-17(2)21;4*1-2/h17-18,21H,3-16H2,1-2H3;4*1-2H3/t17?,18-;;;;/m1..../s1. The molecule has 1 rings (SSSR count). The number of hydrogen-bond donors (Lipinski definition) is 1. The quantitative estimate of drug-likeness (QED) is 0.314. The summed E-state index contributed by atoms with van der Waals surface area (Å²) in [5.74, 6) is 0.391. The van der Waals surface area contributed by atoms with Gasteiger partial charge >= 0.3 is 0 Å². The molecule has 0 spiro atoms. The zero-order valence-corrected chi connectivity index (χ0v) is 22.9. The van der Waals surface area contributed by atoms with Crippen molar-refractivity contribution in [3.05, 3.63) is 0 Å². The molecule has 0 saturated carbocycles. The molecule has 0 aromatic heterocycles. The zero-order valence-electron chi connectivity index (χ0n) is 22.9. The van der Waals surface area contributed by atoms with Crippen LogP contribution in [0.2, 0.25) is 0 Å². The zero-order chi connectivity index (χ0) is 24.2. The number of likely N-dealkylation sites (tertiary alicyclic amines) is 1. The molecular formula is C27H61NO2. The van der Waals surface area contributed by atoms with E-state index in [1.165, 1.54) is 51.4 Å². The number of carbonyl (C=O) groups excluding carboxylic acids is 1. The second kappa shape index (κ2) is 33.1. The van der Waals surface area contributed by atoms with Crippen molar-refractivity contribution in [1.82, 2.24) is 4.90 Å². The van der Waals surface area contributed by atoms with Crippen LogP contribution < -0.4 is 0 Å². The summed E-state index contributed by atoms with van der Waals surface area (Å²) in [6.45, 7) is 21.0. The minimum atomic E-state index is -0.138. The van der Waals surface area contributed by atoms with Crippen molar-refractivity contribution in [2.45, 2.75) is 165 Å². The Morgan fingerprint density at radius 2 is 1.27 bits per heavy atom. The molecule has 1 heterocycles. The monoisotopic (exact) mass is 431 g/mol. The molecule has 1 fully saturated rings. The fourth-order valence-electron chi connectivity index (χ4n) is 3.51. The van der Waals surface area contributed by atoms with E-state index in [1.54, 1.807) is 0 Å². The number of unbranched alkanes of at least 4 members (excludes halogenated alkanes) is 7. The van der Waals surface area contributed by atoms with Crippen LogP contribution in [0.15, 0.2) is 0 Å². The molecule has 2 atom stereocenters. The fourth-order valence-corrected chi connectivity index (χ4v) is 3.51. The second-order valence-electron chi connectivity index (χ2n) is 7.01. The molecule has 1 saturated heterocycles. The van der Waals surface area contributed by atoms with E-state index in [2.05, 4.69) is 11.8 Å². The lowest BCUT2D eigenvalue weighted by atomic mass is 10.0. The molecule has 0 radical (unpaired) electrons. The summed E-state index contributed by atoms with van der Waals surface area (Å²) >= 11 is 0. The highest BCUT2D eigenvalue weighted by atomic mass is 16.3. The average Bonchev–Trinajstić information content (AvgIpc) is 3.29. The van der Waals surface area contributed by atoms with Crippen LogP contribution in [0.4, 0.5) is 0 Å². The predicted octanol–water partition coefficient (Wildman–Crippen LogP) is 8.77. The SMILES string of the molecule is CC.CC.CC.CC.CC[C@@H]1CCCN1C(=O)CCCCCCCCCCC(C)O. The van der Waals surface area contributed by atoms with Gasteiger partial charge < -0.3 is 10.0 Å². The molecule has 0 aromatic carbocycles. The van der Waals surface area contributed by atoms with Crippen LogP contribution in [-0.2, 0) is 4.79 Å². The number of rotatable bonds is 12. The summed E-state index contributed by atoms with van der Waals surface area (Å²) in [6.07, 6.45) is 14.9. The van der Waals surface area contributed by atoms with Gasteiger partial charge in [0, 0.05) is 19.0 Å². The Kier molecular flexibility index (Phi) is 40.6. The van der Waals surface area contributed by atoms with Crippen LogP contribution in [-0.4, -0.2) is 34.6 Å². The molecule has 30 heavy (non-hydrogen) atoms. The third-order valence-electron chi connectivity index (χ3n) is 4.93. The summed E-state index contributed by atoms with van der Waals surface area (Å²) in [6, 6.07) is 0.522. The van der Waals surface area contributed by atoms with Crippen LogP contribution in [0.3, 0.4) is 0 Å². The molecule has 1 aliphatic heterocycles. The lowest BCUT2D eigenvalue weighted by Gasteiger charge is -2.23. The lowest BCUT2D eigenvalue weighted by Crippen LogP contribution is -2.34. The minimum Gasteiger partial charge on any atom is -0.393 e. The van der Waals surface area contributed by atoms with Gasteiger partial charge in [-0.2, -0.15) is 0 Å². The number of hydrogen-bond acceptors (Lipinski definition) is 2. The number of carbonyl (C=O) groups is 1. The largest absolute Gasteiger partial charge is 0.393 e. The Morgan fingerprint density at radius 3 is 1.70 bits per heavy atom. The normalized spacial score (nSPS) is 15.2. The van der Waals surface area contributed by atoms with Crippen LogP contribution in [0.5, 0.6) is 0 Å². The van der Waals surface area contributed by atoms with Crippen LogP contribution in [0.25, 0.3) is 0 Å². The van der Waals surface area contributed by atoms with Gasteiger partial charge in [0.25, 0.3) is 0 Å². The van der Waals surface area contributed by atoms with Gasteiger partial charge in [0.15, 0.2) is 0 Å². The topological polar surface area (TPSA) is 40.5 Å². The van der Waals surface area contributed by atoms with E-state index < -0.39 is 0 Å². The van der Waals surface area contributed by atoms with Crippen molar-refractivity contribution in [2.75, 3.05) is 6.54 Å². The molecule has 1 N–H and O–H groups in total. The first-order valence-electron chi connectivity index (χ1n) is 13.6. The van der Waals surface area contributed by atoms with Crippen molar-refractivity contribution >= 4 is 5.91 Å². The maximum Gasteiger partial charge on any atom is 0.222 e. The van der Waals surface area contributed by atoms with Gasteiger partial charge in [0.2, 0.25) is 5.91 Å². The fraction of sp³-hybridized carbons (Fsp3) is 0.963. The number of amides is 1. The molecule has 3 nitrogen and oxygen atoms in total. The second-order valence-corrected chi connectivity index (χ2v) is 7.01. The first kappa shape index (κ1) is 36.8. The molecule has 1 aliphatic rings. The highest BCUT2D eigenvalue weighted by Crippen LogP contribution is 2.21. The van der Waals surface area contributed by atoms with Crippen molar-refractivity contribution in [3.63, 3.8) is 0 Å². The summed E-state index contributed by atoms with van der Waals surface area (Å²) in [5.41, 5.74) is 0. The summed E-state index contributed by atoms with van der Waals surface area (Å²) in [5, 5.41) is 9.18. The van der Waals surface area contributed by atoms with E-state index in [0.717, 1.165) is 38.6 Å². The van der Waals surface area contributed by atoms with Gasteiger partial charge in [-0.1, -0.05) is 107 Å². The Balaban J connectivity index is -0.000000376. The van der Waals surface area contributed by atoms with Gasteiger partial charge in [-0.3, -0.25) is 4.79 Å². The third kappa shape index (κ3) is 23.7. The molecule has 0 aliphatic carbocycles. The van der Waals surface area contributed by atoms with Crippen molar-refractivity contribution in [2.24, 2.45) is 0 Å². The van der Waals surface area contributed by atoms with E-state index in [4.69, 9.17) is 0 Å². The molecule has 3 heteroatoms. The van der Waals surface area contributed by atoms with E-state index >= 15 is 0 Å². The van der Waals surface area contributed by atoms with Gasteiger partial charge in [0.1, 0.15) is 0 Å². The van der Waals surface area contributed by atoms with Gasteiger partial charge in [-0.25, -0.2) is 0 Å².